The first kappa shape index (κ1) is 19.5. The summed E-state index contributed by atoms with van der Waals surface area (Å²) in [7, 11) is -3.11. The fraction of sp³-hybridized carbons (Fsp3) is 0.588. The topological polar surface area (TPSA) is 84.9 Å². The molecule has 0 saturated carbocycles. The third-order valence-corrected chi connectivity index (χ3v) is 5.44. The van der Waals surface area contributed by atoms with Crippen molar-refractivity contribution in [2.45, 2.75) is 19.8 Å². The van der Waals surface area contributed by atoms with E-state index in [9.17, 15) is 13.2 Å². The molecule has 25 heavy (non-hydrogen) atoms. The molecule has 0 spiro atoms. The van der Waals surface area contributed by atoms with E-state index in [-0.39, 0.29) is 12.5 Å². The van der Waals surface area contributed by atoms with Crippen molar-refractivity contribution in [3.8, 4) is 11.5 Å². The van der Waals surface area contributed by atoms with E-state index in [1.54, 1.807) is 24.3 Å². The van der Waals surface area contributed by atoms with Crippen LogP contribution in [0.4, 0.5) is 0 Å². The summed E-state index contributed by atoms with van der Waals surface area (Å²) in [4.78, 5) is 11.9. The summed E-state index contributed by atoms with van der Waals surface area (Å²) in [6.45, 7) is 4.05. The summed E-state index contributed by atoms with van der Waals surface area (Å²) in [5.74, 6) is 1.49. The van der Waals surface area contributed by atoms with Crippen molar-refractivity contribution in [2.24, 2.45) is 5.92 Å². The molecular weight excluding hydrogens is 344 g/mol. The molecule has 1 aromatic carbocycles. The Labute approximate surface area is 149 Å². The maximum absolute atomic E-state index is 11.9. The smallest absolute Gasteiger partial charge is 0.257 e. The number of carbonyl (C=O) groups is 1. The Bertz CT molecular complexity index is 652. The number of carbonyl (C=O) groups excluding carboxylic acids is 1. The molecule has 0 aromatic heterocycles. The van der Waals surface area contributed by atoms with E-state index in [1.807, 2.05) is 6.92 Å². The maximum Gasteiger partial charge on any atom is 0.257 e. The van der Waals surface area contributed by atoms with Crippen molar-refractivity contribution in [1.29, 1.82) is 0 Å². The van der Waals surface area contributed by atoms with Gasteiger partial charge in [-0.1, -0.05) is 0 Å². The normalized spacial score (nSPS) is 16.4. The van der Waals surface area contributed by atoms with Gasteiger partial charge in [0.05, 0.1) is 12.9 Å². The first-order chi connectivity index (χ1) is 11.9. The van der Waals surface area contributed by atoms with Crippen LogP contribution in [0.25, 0.3) is 0 Å². The first-order valence-electron chi connectivity index (χ1n) is 8.46. The van der Waals surface area contributed by atoms with Crippen molar-refractivity contribution in [2.75, 3.05) is 39.1 Å². The number of ether oxygens (including phenoxy) is 2. The molecule has 0 atom stereocenters. The fourth-order valence-electron chi connectivity index (χ4n) is 2.70. The number of rotatable bonds is 8. The van der Waals surface area contributed by atoms with Crippen LogP contribution in [0.2, 0.25) is 0 Å². The van der Waals surface area contributed by atoms with Crippen molar-refractivity contribution >= 4 is 15.9 Å². The number of nitrogens with zero attached hydrogens (tertiary/aromatic N) is 1. The van der Waals surface area contributed by atoms with Gasteiger partial charge in [-0.3, -0.25) is 4.79 Å². The summed E-state index contributed by atoms with van der Waals surface area (Å²) in [5.41, 5.74) is 0. The van der Waals surface area contributed by atoms with Gasteiger partial charge in [0.2, 0.25) is 10.0 Å². The predicted molar refractivity (Wildman–Crippen MR) is 95.3 cm³/mol. The van der Waals surface area contributed by atoms with Gasteiger partial charge in [-0.2, -0.15) is 0 Å². The monoisotopic (exact) mass is 370 g/mol. The van der Waals surface area contributed by atoms with E-state index in [0.717, 1.165) is 18.6 Å². The largest absolute Gasteiger partial charge is 0.494 e. The summed E-state index contributed by atoms with van der Waals surface area (Å²) in [5, 5.41) is 2.85. The molecule has 1 saturated heterocycles. The number of amides is 1. The van der Waals surface area contributed by atoms with Crippen LogP contribution in [-0.2, 0) is 14.8 Å². The second kappa shape index (κ2) is 9.05. The minimum atomic E-state index is -3.11. The number of benzene rings is 1. The molecular formula is C17H26N2O5S. The Morgan fingerprint density at radius 1 is 1.16 bits per heavy atom. The minimum absolute atomic E-state index is 0.0455. The molecule has 1 aromatic rings. The van der Waals surface area contributed by atoms with Crippen molar-refractivity contribution in [3.63, 3.8) is 0 Å². The highest BCUT2D eigenvalue weighted by Crippen LogP contribution is 2.19. The molecule has 1 heterocycles. The maximum atomic E-state index is 11.9. The summed E-state index contributed by atoms with van der Waals surface area (Å²) < 4.78 is 35.2. The van der Waals surface area contributed by atoms with Crippen LogP contribution in [0.5, 0.6) is 11.5 Å². The van der Waals surface area contributed by atoms with E-state index in [0.29, 0.717) is 37.9 Å². The third-order valence-electron chi connectivity index (χ3n) is 4.14. The molecule has 0 unspecified atom stereocenters. The number of hydrogen-bond acceptors (Lipinski definition) is 5. The highest BCUT2D eigenvalue weighted by molar-refractivity contribution is 7.88. The Morgan fingerprint density at radius 2 is 1.72 bits per heavy atom. The molecule has 1 amide bonds. The highest BCUT2D eigenvalue weighted by Gasteiger charge is 2.24. The molecule has 1 N–H and O–H groups in total. The van der Waals surface area contributed by atoms with E-state index in [4.69, 9.17) is 9.47 Å². The van der Waals surface area contributed by atoms with Crippen LogP contribution in [0.1, 0.15) is 19.8 Å². The highest BCUT2D eigenvalue weighted by atomic mass is 32.2. The van der Waals surface area contributed by atoms with Gasteiger partial charge in [0.25, 0.3) is 5.91 Å². The summed E-state index contributed by atoms with van der Waals surface area (Å²) in [6.07, 6.45) is 2.74. The van der Waals surface area contributed by atoms with Gasteiger partial charge in [0.1, 0.15) is 11.5 Å². The van der Waals surface area contributed by atoms with Crippen molar-refractivity contribution in [1.82, 2.24) is 9.62 Å². The van der Waals surface area contributed by atoms with Crippen LogP contribution in [0.15, 0.2) is 24.3 Å². The molecule has 2 rings (SSSR count). The molecule has 1 fully saturated rings. The number of hydrogen-bond donors (Lipinski definition) is 1. The van der Waals surface area contributed by atoms with Crippen LogP contribution in [-0.4, -0.2) is 57.7 Å². The zero-order chi connectivity index (χ0) is 18.3. The van der Waals surface area contributed by atoms with Gasteiger partial charge in [-0.05, 0) is 49.9 Å². The fourth-order valence-corrected chi connectivity index (χ4v) is 3.58. The molecule has 0 aliphatic carbocycles. The lowest BCUT2D eigenvalue weighted by Gasteiger charge is -2.30. The van der Waals surface area contributed by atoms with Gasteiger partial charge >= 0.3 is 0 Å². The Balaban J connectivity index is 1.66. The molecule has 1 aliphatic heterocycles. The second-order valence-electron chi connectivity index (χ2n) is 6.10. The average Bonchev–Trinajstić information content (AvgIpc) is 2.59. The quantitative estimate of drug-likeness (QED) is 0.744. The summed E-state index contributed by atoms with van der Waals surface area (Å²) >= 11 is 0. The third kappa shape index (κ3) is 6.55. The first-order valence-corrected chi connectivity index (χ1v) is 10.3. The van der Waals surface area contributed by atoms with Gasteiger partial charge in [0, 0.05) is 19.6 Å². The number of piperidine rings is 1. The van der Waals surface area contributed by atoms with Crippen LogP contribution >= 0.6 is 0 Å². The van der Waals surface area contributed by atoms with Crippen molar-refractivity contribution in [3.05, 3.63) is 24.3 Å². The standard InChI is InChI=1S/C17H26N2O5S/c1-3-23-15-4-6-16(7-5-15)24-13-17(20)18-12-14-8-10-19(11-9-14)25(2,21)22/h4-7,14H,3,8-13H2,1-2H3,(H,18,20). The predicted octanol–water partition coefficient (Wildman–Crippen LogP) is 1.25. The van der Waals surface area contributed by atoms with Crippen LogP contribution in [0, 0.1) is 5.92 Å². The molecule has 0 bridgehead atoms. The number of sulfonamides is 1. The Morgan fingerprint density at radius 3 is 2.24 bits per heavy atom. The van der Waals surface area contributed by atoms with E-state index < -0.39 is 10.0 Å². The van der Waals surface area contributed by atoms with E-state index in [2.05, 4.69) is 5.32 Å². The van der Waals surface area contributed by atoms with Gasteiger partial charge in [-0.25, -0.2) is 12.7 Å². The average molecular weight is 370 g/mol. The Hall–Kier alpha value is -1.80. The van der Waals surface area contributed by atoms with Crippen molar-refractivity contribution < 1.29 is 22.7 Å². The second-order valence-corrected chi connectivity index (χ2v) is 8.09. The molecule has 140 valence electrons. The lowest BCUT2D eigenvalue weighted by atomic mass is 9.98. The minimum Gasteiger partial charge on any atom is -0.494 e. The molecule has 7 nitrogen and oxygen atoms in total. The molecule has 0 radical (unpaired) electrons. The lowest BCUT2D eigenvalue weighted by Crippen LogP contribution is -2.41. The van der Waals surface area contributed by atoms with E-state index in [1.165, 1.54) is 10.6 Å². The molecule has 1 aliphatic rings. The molecule has 8 heteroatoms. The Kier molecular flexibility index (Phi) is 7.07. The SMILES string of the molecule is CCOc1ccc(OCC(=O)NCC2CCN(S(C)(=O)=O)CC2)cc1. The zero-order valence-electron chi connectivity index (χ0n) is 14.7. The van der Waals surface area contributed by atoms with Crippen LogP contribution < -0.4 is 14.8 Å². The van der Waals surface area contributed by atoms with Crippen LogP contribution in [0.3, 0.4) is 0 Å². The summed E-state index contributed by atoms with van der Waals surface area (Å²) in [6, 6.07) is 7.12. The van der Waals surface area contributed by atoms with Gasteiger partial charge < -0.3 is 14.8 Å². The van der Waals surface area contributed by atoms with E-state index >= 15 is 0 Å². The lowest BCUT2D eigenvalue weighted by molar-refractivity contribution is -0.123. The van der Waals surface area contributed by atoms with Gasteiger partial charge in [-0.15, -0.1) is 0 Å². The zero-order valence-corrected chi connectivity index (χ0v) is 15.5. The number of nitrogens with one attached hydrogen (secondary N) is 1. The van der Waals surface area contributed by atoms with Gasteiger partial charge in [0.15, 0.2) is 6.61 Å².